The molecule has 1 aliphatic heterocycles. The molecule has 3 rings (SSSR count). The van der Waals surface area contributed by atoms with Gasteiger partial charge in [0, 0.05) is 30.6 Å². The van der Waals surface area contributed by atoms with Crippen LogP contribution in [0.1, 0.15) is 53.9 Å². The Labute approximate surface area is 245 Å². The fourth-order valence-corrected chi connectivity index (χ4v) is 4.77. The fraction of sp³-hybridized carbons (Fsp3) is 0.400. The number of nitrogens with one attached hydrogen (secondary N) is 3. The number of amides is 2. The van der Waals surface area contributed by atoms with Crippen LogP contribution in [0.3, 0.4) is 0 Å². The molecule has 0 radical (unpaired) electrons. The number of allylic oxidation sites excluding steroid dienone is 2. The maximum absolute atomic E-state index is 13.4. The van der Waals surface area contributed by atoms with Gasteiger partial charge in [0.2, 0.25) is 11.9 Å². The molecule has 0 spiro atoms. The lowest BCUT2D eigenvalue weighted by Gasteiger charge is -2.29. The molecule has 2 aromatic rings. The second-order valence-electron chi connectivity index (χ2n) is 9.83. The first-order chi connectivity index (χ1) is 19.7. The monoisotopic (exact) mass is 584 g/mol. The van der Waals surface area contributed by atoms with Crippen molar-refractivity contribution in [3.05, 3.63) is 87.3 Å². The summed E-state index contributed by atoms with van der Waals surface area (Å²) in [4.78, 5) is 36.5. The SMILES string of the molecule is CCc1cccc(Cc2nc(NC(/C=C/F)=C(/C=C(\C)C(=O)NC3CCN(C)CC3)OC)ncc2Cl)c1C(=O)NC. The minimum Gasteiger partial charge on any atom is -0.495 e. The Bertz CT molecular complexity index is 1340. The molecule has 0 bridgehead atoms. The topological polar surface area (TPSA) is 108 Å². The number of aromatic nitrogens is 2. The van der Waals surface area contributed by atoms with Gasteiger partial charge in [0.1, 0.15) is 5.76 Å². The van der Waals surface area contributed by atoms with Gasteiger partial charge >= 0.3 is 0 Å². The lowest BCUT2D eigenvalue weighted by atomic mass is 9.95. The molecule has 11 heteroatoms. The van der Waals surface area contributed by atoms with Gasteiger partial charge in [-0.3, -0.25) is 9.59 Å². The van der Waals surface area contributed by atoms with Crippen molar-refractivity contribution in [1.29, 1.82) is 0 Å². The lowest BCUT2D eigenvalue weighted by molar-refractivity contribution is -0.118. The molecule has 2 heterocycles. The zero-order valence-corrected chi connectivity index (χ0v) is 24.9. The number of methoxy groups -OCH3 is 1. The van der Waals surface area contributed by atoms with Crippen molar-refractivity contribution < 1.29 is 18.7 Å². The van der Waals surface area contributed by atoms with E-state index >= 15 is 0 Å². The number of hydrogen-bond donors (Lipinski definition) is 3. The van der Waals surface area contributed by atoms with Crippen molar-refractivity contribution in [2.24, 2.45) is 0 Å². The van der Waals surface area contributed by atoms with E-state index in [1.807, 2.05) is 25.1 Å². The molecule has 220 valence electrons. The second kappa shape index (κ2) is 15.3. The van der Waals surface area contributed by atoms with Gasteiger partial charge in [-0.2, -0.15) is 0 Å². The van der Waals surface area contributed by atoms with Gasteiger partial charge in [-0.25, -0.2) is 14.4 Å². The highest BCUT2D eigenvalue weighted by Crippen LogP contribution is 2.24. The number of carbonyl (C=O) groups excluding carboxylic acids is 2. The number of likely N-dealkylation sites (tertiary alicyclic amines) is 1. The molecule has 9 nitrogen and oxygen atoms in total. The van der Waals surface area contributed by atoms with Crippen molar-refractivity contribution in [1.82, 2.24) is 25.5 Å². The summed E-state index contributed by atoms with van der Waals surface area (Å²) in [6.07, 6.45) is 7.21. The third-order valence-electron chi connectivity index (χ3n) is 6.97. The number of hydrogen-bond acceptors (Lipinski definition) is 7. The van der Waals surface area contributed by atoms with Crippen LogP contribution in [0.5, 0.6) is 0 Å². The molecule has 1 aromatic heterocycles. The molecule has 1 aliphatic rings. The number of nitrogens with zero attached hydrogens (tertiary/aromatic N) is 3. The minimum absolute atomic E-state index is 0.100. The van der Waals surface area contributed by atoms with E-state index in [4.69, 9.17) is 16.3 Å². The molecule has 41 heavy (non-hydrogen) atoms. The average Bonchev–Trinajstić information content (AvgIpc) is 2.97. The molecule has 1 aromatic carbocycles. The Morgan fingerprint density at radius 2 is 1.95 bits per heavy atom. The third-order valence-corrected chi connectivity index (χ3v) is 7.28. The number of ether oxygens (including phenoxy) is 1. The van der Waals surface area contributed by atoms with Crippen molar-refractivity contribution in [2.45, 2.75) is 45.6 Å². The summed E-state index contributed by atoms with van der Waals surface area (Å²) < 4.78 is 18.9. The van der Waals surface area contributed by atoms with E-state index in [2.05, 4.69) is 37.9 Å². The zero-order chi connectivity index (χ0) is 29.9. The van der Waals surface area contributed by atoms with Crippen LogP contribution in [0, 0.1) is 0 Å². The number of carbonyl (C=O) groups is 2. The molecular formula is C30H38ClFN6O3. The Balaban J connectivity index is 1.88. The summed E-state index contributed by atoms with van der Waals surface area (Å²) in [5.41, 5.74) is 3.35. The molecule has 0 unspecified atom stereocenters. The van der Waals surface area contributed by atoms with Crippen LogP contribution >= 0.6 is 11.6 Å². The summed E-state index contributed by atoms with van der Waals surface area (Å²) in [6.45, 7) is 5.50. The van der Waals surface area contributed by atoms with E-state index in [9.17, 15) is 14.0 Å². The summed E-state index contributed by atoms with van der Waals surface area (Å²) in [6, 6.07) is 5.77. The smallest absolute Gasteiger partial charge is 0.251 e. The van der Waals surface area contributed by atoms with Crippen molar-refractivity contribution >= 4 is 29.4 Å². The van der Waals surface area contributed by atoms with Crippen LogP contribution in [0.2, 0.25) is 5.02 Å². The number of rotatable bonds is 11. The highest BCUT2D eigenvalue weighted by atomic mass is 35.5. The lowest BCUT2D eigenvalue weighted by Crippen LogP contribution is -2.43. The molecule has 3 N–H and O–H groups in total. The maximum atomic E-state index is 13.4. The first-order valence-electron chi connectivity index (χ1n) is 13.5. The highest BCUT2D eigenvalue weighted by Gasteiger charge is 2.20. The van der Waals surface area contributed by atoms with E-state index in [1.54, 1.807) is 14.0 Å². The van der Waals surface area contributed by atoms with Gasteiger partial charge < -0.3 is 25.6 Å². The number of benzene rings is 1. The number of aryl methyl sites for hydroxylation is 1. The van der Waals surface area contributed by atoms with E-state index in [1.165, 1.54) is 19.4 Å². The van der Waals surface area contributed by atoms with Crippen LogP contribution in [0.15, 0.2) is 59.9 Å². The minimum atomic E-state index is -0.219. The summed E-state index contributed by atoms with van der Waals surface area (Å²) in [5, 5.41) is 9.05. The first-order valence-corrected chi connectivity index (χ1v) is 13.9. The Kier molecular flexibility index (Phi) is 11.9. The van der Waals surface area contributed by atoms with Crippen LogP contribution in [-0.4, -0.2) is 67.0 Å². The van der Waals surface area contributed by atoms with Gasteiger partial charge in [0.25, 0.3) is 5.91 Å². The molecule has 0 aliphatic carbocycles. The summed E-state index contributed by atoms with van der Waals surface area (Å²) in [5.74, 6) is -0.0513. The van der Waals surface area contributed by atoms with Gasteiger partial charge in [0.15, 0.2) is 0 Å². The number of piperidine rings is 1. The summed E-state index contributed by atoms with van der Waals surface area (Å²) >= 11 is 6.44. The van der Waals surface area contributed by atoms with Crippen molar-refractivity contribution in [2.75, 3.05) is 39.6 Å². The molecule has 0 atom stereocenters. The predicted octanol–water partition coefficient (Wildman–Crippen LogP) is 4.55. The number of anilines is 1. The van der Waals surface area contributed by atoms with Crippen molar-refractivity contribution in [3.8, 4) is 0 Å². The van der Waals surface area contributed by atoms with E-state index in [0.29, 0.717) is 34.6 Å². The molecular weight excluding hydrogens is 547 g/mol. The number of halogens is 2. The zero-order valence-electron chi connectivity index (χ0n) is 24.2. The molecule has 2 amide bonds. The van der Waals surface area contributed by atoms with Crippen molar-refractivity contribution in [3.63, 3.8) is 0 Å². The van der Waals surface area contributed by atoms with Gasteiger partial charge in [-0.1, -0.05) is 36.7 Å². The molecule has 0 saturated carbocycles. The van der Waals surface area contributed by atoms with Gasteiger partial charge in [-0.15, -0.1) is 0 Å². The van der Waals surface area contributed by atoms with Crippen LogP contribution < -0.4 is 16.0 Å². The standard InChI is InChI=1S/C30H38ClFN6O3/c1-6-20-8-7-9-21(27(20)29(40)33-3)17-25-23(31)18-34-30(37-25)36-24(10-13-32)26(41-5)16-19(2)28(39)35-22-11-14-38(4)15-12-22/h7-10,13,16,18,22H,6,11-12,14-15,17H2,1-5H3,(H,33,40)(H,35,39)(H,34,36,37)/b13-10+,19-16+,26-24-. The third kappa shape index (κ3) is 8.61. The van der Waals surface area contributed by atoms with E-state index < -0.39 is 0 Å². The second-order valence-corrected chi connectivity index (χ2v) is 10.2. The quantitative estimate of drug-likeness (QED) is 0.202. The van der Waals surface area contributed by atoms with Crippen LogP contribution in [0.25, 0.3) is 0 Å². The summed E-state index contributed by atoms with van der Waals surface area (Å²) in [7, 11) is 5.08. The van der Waals surface area contributed by atoms with Gasteiger partial charge in [-0.05, 0) is 69.6 Å². The van der Waals surface area contributed by atoms with Crippen LogP contribution in [0.4, 0.5) is 10.3 Å². The van der Waals surface area contributed by atoms with E-state index in [-0.39, 0.29) is 41.7 Å². The predicted molar refractivity (Wildman–Crippen MR) is 159 cm³/mol. The Morgan fingerprint density at radius 3 is 2.59 bits per heavy atom. The largest absolute Gasteiger partial charge is 0.495 e. The molecule has 1 fully saturated rings. The maximum Gasteiger partial charge on any atom is 0.251 e. The van der Waals surface area contributed by atoms with E-state index in [0.717, 1.165) is 43.1 Å². The van der Waals surface area contributed by atoms with Crippen LogP contribution in [-0.2, 0) is 22.4 Å². The normalized spacial score (nSPS) is 15.4. The Hall–Kier alpha value is -3.76. The fourth-order valence-electron chi connectivity index (χ4n) is 4.61. The molecule has 1 saturated heterocycles. The van der Waals surface area contributed by atoms with Gasteiger partial charge in [0.05, 0.1) is 36.1 Å². The first kappa shape index (κ1) is 31.8. The Morgan fingerprint density at radius 1 is 1.24 bits per heavy atom. The highest BCUT2D eigenvalue weighted by molar-refractivity contribution is 6.31. The average molecular weight is 585 g/mol.